The number of hydrogen-bond acceptors (Lipinski definition) is 6. The van der Waals surface area contributed by atoms with E-state index >= 15 is 0 Å². The average molecular weight is 369 g/mol. The van der Waals surface area contributed by atoms with Crippen LogP contribution in [0.3, 0.4) is 0 Å². The van der Waals surface area contributed by atoms with Crippen molar-refractivity contribution >= 4 is 23.4 Å². The number of ether oxygens (including phenoxy) is 1. The highest BCUT2D eigenvalue weighted by Gasteiger charge is 2.19. The first-order valence-electron chi connectivity index (χ1n) is 8.04. The molecule has 26 heavy (non-hydrogen) atoms. The number of rotatable bonds is 6. The number of methoxy groups -OCH3 is 1. The number of thioether (sulfide) groups is 1. The Balaban J connectivity index is 1.71. The molecule has 1 N–H and O–H groups in total. The minimum atomic E-state index is -0.379. The zero-order chi connectivity index (χ0) is 18.5. The fourth-order valence-electron chi connectivity index (χ4n) is 2.33. The van der Waals surface area contributed by atoms with Gasteiger partial charge in [-0.3, -0.25) is 4.79 Å². The van der Waals surface area contributed by atoms with E-state index in [0.29, 0.717) is 16.6 Å². The monoisotopic (exact) mass is 369 g/mol. The molecule has 1 amide bonds. The number of amides is 1. The van der Waals surface area contributed by atoms with Crippen LogP contribution >= 0.6 is 11.8 Å². The maximum Gasteiger partial charge on any atom is 0.237 e. The Kier molecular flexibility index (Phi) is 5.52. The number of nitrogens with one attached hydrogen (secondary N) is 1. The Hall–Kier alpha value is -2.87. The molecule has 3 aromatic rings. The minimum absolute atomic E-state index is 0.137. The zero-order valence-corrected chi connectivity index (χ0v) is 15.5. The maximum absolute atomic E-state index is 12.5. The molecule has 8 heteroatoms. The smallest absolute Gasteiger partial charge is 0.237 e. The molecule has 0 saturated heterocycles. The highest BCUT2D eigenvalue weighted by Crippen LogP contribution is 2.25. The van der Waals surface area contributed by atoms with Gasteiger partial charge < -0.3 is 10.1 Å². The van der Waals surface area contributed by atoms with Crippen molar-refractivity contribution in [1.82, 2.24) is 20.2 Å². The van der Waals surface area contributed by atoms with E-state index < -0.39 is 0 Å². The van der Waals surface area contributed by atoms with E-state index in [0.717, 1.165) is 11.3 Å². The van der Waals surface area contributed by atoms with Gasteiger partial charge in [0, 0.05) is 11.8 Å². The third-order valence-corrected chi connectivity index (χ3v) is 4.71. The van der Waals surface area contributed by atoms with Crippen molar-refractivity contribution in [3.8, 4) is 11.4 Å². The summed E-state index contributed by atoms with van der Waals surface area (Å²) in [5.41, 5.74) is 2.65. The quantitative estimate of drug-likeness (QED) is 0.673. The van der Waals surface area contributed by atoms with Gasteiger partial charge in [-0.25, -0.2) is 0 Å². The van der Waals surface area contributed by atoms with E-state index in [2.05, 4.69) is 20.8 Å². The molecule has 2 aromatic carbocycles. The molecule has 0 spiro atoms. The number of tetrazole rings is 1. The number of benzene rings is 2. The molecular weight excluding hydrogens is 350 g/mol. The summed E-state index contributed by atoms with van der Waals surface area (Å²) < 4.78 is 6.80. The standard InChI is InChI=1S/C18H19N5O2S/c1-12-6-4-8-15(10-12)23-18(20-21-22-23)26-13(2)17(24)19-14-7-5-9-16(11-14)25-3/h4-11,13H,1-3H3,(H,19,24). The summed E-state index contributed by atoms with van der Waals surface area (Å²) in [7, 11) is 1.59. The Morgan fingerprint density at radius 3 is 2.81 bits per heavy atom. The van der Waals surface area contributed by atoms with E-state index in [1.165, 1.54) is 11.8 Å². The van der Waals surface area contributed by atoms with Crippen LogP contribution in [-0.2, 0) is 4.79 Å². The molecule has 7 nitrogen and oxygen atoms in total. The molecule has 1 atom stereocenters. The van der Waals surface area contributed by atoms with Crippen molar-refractivity contribution in [2.45, 2.75) is 24.3 Å². The van der Waals surface area contributed by atoms with Crippen LogP contribution < -0.4 is 10.1 Å². The summed E-state index contributed by atoms with van der Waals surface area (Å²) in [6.45, 7) is 3.82. The van der Waals surface area contributed by atoms with Crippen LogP contribution in [-0.4, -0.2) is 38.5 Å². The van der Waals surface area contributed by atoms with Crippen molar-refractivity contribution < 1.29 is 9.53 Å². The minimum Gasteiger partial charge on any atom is -0.497 e. The van der Waals surface area contributed by atoms with Crippen LogP contribution in [0, 0.1) is 6.92 Å². The first-order valence-corrected chi connectivity index (χ1v) is 8.92. The van der Waals surface area contributed by atoms with Crippen molar-refractivity contribution in [3.05, 3.63) is 54.1 Å². The topological polar surface area (TPSA) is 81.9 Å². The lowest BCUT2D eigenvalue weighted by atomic mass is 10.2. The molecule has 0 radical (unpaired) electrons. The second kappa shape index (κ2) is 8.01. The third kappa shape index (κ3) is 4.20. The Morgan fingerprint density at radius 1 is 1.23 bits per heavy atom. The van der Waals surface area contributed by atoms with Gasteiger partial charge >= 0.3 is 0 Å². The van der Waals surface area contributed by atoms with Gasteiger partial charge in [-0.2, -0.15) is 4.68 Å². The SMILES string of the molecule is COc1cccc(NC(=O)C(C)Sc2nnnn2-c2cccc(C)c2)c1. The van der Waals surface area contributed by atoms with E-state index in [4.69, 9.17) is 4.74 Å². The normalized spacial score (nSPS) is 11.8. The summed E-state index contributed by atoms with van der Waals surface area (Å²) >= 11 is 1.30. The Bertz CT molecular complexity index is 912. The van der Waals surface area contributed by atoms with Gasteiger partial charge in [0.25, 0.3) is 0 Å². The number of hydrogen-bond donors (Lipinski definition) is 1. The maximum atomic E-state index is 12.5. The molecule has 1 aromatic heterocycles. The number of anilines is 1. The van der Waals surface area contributed by atoms with Crippen LogP contribution in [0.1, 0.15) is 12.5 Å². The van der Waals surface area contributed by atoms with E-state index in [9.17, 15) is 4.79 Å². The molecule has 0 aliphatic heterocycles. The summed E-state index contributed by atoms with van der Waals surface area (Å²) in [5, 5.41) is 14.9. The first-order chi connectivity index (χ1) is 12.6. The second-order valence-corrected chi connectivity index (χ2v) is 7.00. The fraction of sp³-hybridized carbons (Fsp3) is 0.222. The van der Waals surface area contributed by atoms with Gasteiger partial charge in [0.1, 0.15) is 5.75 Å². The molecular formula is C18H19N5O2S. The van der Waals surface area contributed by atoms with Crippen LogP contribution in [0.2, 0.25) is 0 Å². The molecule has 0 bridgehead atoms. The van der Waals surface area contributed by atoms with Gasteiger partial charge in [0.15, 0.2) is 0 Å². The van der Waals surface area contributed by atoms with Crippen molar-refractivity contribution in [2.24, 2.45) is 0 Å². The largest absolute Gasteiger partial charge is 0.497 e. The number of carbonyl (C=O) groups excluding carboxylic acids is 1. The summed E-state index contributed by atoms with van der Waals surface area (Å²) in [5.74, 6) is 0.550. The van der Waals surface area contributed by atoms with Crippen LogP contribution in [0.15, 0.2) is 53.7 Å². The van der Waals surface area contributed by atoms with E-state index in [1.807, 2.05) is 56.3 Å². The predicted octanol–water partition coefficient (Wildman–Crippen LogP) is 3.10. The first kappa shape index (κ1) is 17.9. The molecule has 0 saturated carbocycles. The van der Waals surface area contributed by atoms with Crippen molar-refractivity contribution in [1.29, 1.82) is 0 Å². The number of carbonyl (C=O) groups is 1. The van der Waals surface area contributed by atoms with Crippen LogP contribution in [0.4, 0.5) is 5.69 Å². The van der Waals surface area contributed by atoms with Gasteiger partial charge in [-0.15, -0.1) is 5.10 Å². The summed E-state index contributed by atoms with van der Waals surface area (Å²) in [4.78, 5) is 12.5. The van der Waals surface area contributed by atoms with Crippen molar-refractivity contribution in [3.63, 3.8) is 0 Å². The van der Waals surface area contributed by atoms with Gasteiger partial charge in [0.2, 0.25) is 11.1 Å². The molecule has 3 rings (SSSR count). The van der Waals surface area contributed by atoms with E-state index in [-0.39, 0.29) is 11.2 Å². The highest BCUT2D eigenvalue weighted by molar-refractivity contribution is 8.00. The van der Waals surface area contributed by atoms with Gasteiger partial charge in [-0.1, -0.05) is 30.0 Å². The van der Waals surface area contributed by atoms with Crippen LogP contribution in [0.25, 0.3) is 5.69 Å². The van der Waals surface area contributed by atoms with Crippen molar-refractivity contribution in [2.75, 3.05) is 12.4 Å². The number of aryl methyl sites for hydroxylation is 1. The molecule has 134 valence electrons. The molecule has 0 fully saturated rings. The van der Waals surface area contributed by atoms with Gasteiger partial charge in [-0.05, 0) is 54.1 Å². The summed E-state index contributed by atoms with van der Waals surface area (Å²) in [6.07, 6.45) is 0. The average Bonchev–Trinajstić information content (AvgIpc) is 3.10. The second-order valence-electron chi connectivity index (χ2n) is 5.69. The molecule has 0 aliphatic carbocycles. The number of aromatic nitrogens is 4. The molecule has 1 heterocycles. The lowest BCUT2D eigenvalue weighted by Crippen LogP contribution is -2.22. The Labute approximate surface area is 155 Å². The lowest BCUT2D eigenvalue weighted by Gasteiger charge is -2.12. The highest BCUT2D eigenvalue weighted by atomic mass is 32.2. The lowest BCUT2D eigenvalue weighted by molar-refractivity contribution is -0.115. The zero-order valence-electron chi connectivity index (χ0n) is 14.7. The number of nitrogens with zero attached hydrogens (tertiary/aromatic N) is 4. The molecule has 0 aliphatic rings. The van der Waals surface area contributed by atoms with E-state index in [1.54, 1.807) is 17.9 Å². The molecule has 1 unspecified atom stereocenters. The third-order valence-electron chi connectivity index (χ3n) is 3.68. The predicted molar refractivity (Wildman–Crippen MR) is 101 cm³/mol. The van der Waals surface area contributed by atoms with Crippen LogP contribution in [0.5, 0.6) is 5.75 Å². The van der Waals surface area contributed by atoms with Gasteiger partial charge in [0.05, 0.1) is 18.0 Å². The Morgan fingerprint density at radius 2 is 2.04 bits per heavy atom. The summed E-state index contributed by atoms with van der Waals surface area (Å²) in [6, 6.07) is 15.1. The fourth-order valence-corrected chi connectivity index (χ4v) is 3.14.